The minimum atomic E-state index is -0.519. The molecule has 2 N–H and O–H groups in total. The van der Waals surface area contributed by atoms with Gasteiger partial charge in [0, 0.05) is 11.6 Å². The normalized spacial score (nSPS) is 15.2. The number of rotatable bonds is 12. The first-order valence-corrected chi connectivity index (χ1v) is 14.1. The van der Waals surface area contributed by atoms with Gasteiger partial charge in [-0.05, 0) is 97.4 Å². The van der Waals surface area contributed by atoms with Crippen molar-refractivity contribution in [2.75, 3.05) is 6.61 Å². The van der Waals surface area contributed by atoms with Crippen LogP contribution in [-0.2, 0) is 6.42 Å². The van der Waals surface area contributed by atoms with Gasteiger partial charge >= 0.3 is 0 Å². The highest BCUT2D eigenvalue weighted by atomic mass is 16.5. The average molecular weight is 545 g/mol. The Bertz CT molecular complexity index is 1300. The van der Waals surface area contributed by atoms with Gasteiger partial charge in [0.1, 0.15) is 41.3 Å². The fourth-order valence-corrected chi connectivity index (χ4v) is 4.64. The maximum atomic E-state index is 13.2. The molecule has 0 aliphatic carbocycles. The van der Waals surface area contributed by atoms with E-state index in [4.69, 9.17) is 9.47 Å². The molecule has 0 saturated heterocycles. The van der Waals surface area contributed by atoms with Gasteiger partial charge in [-0.15, -0.1) is 0 Å². The number of phenolic OH excluding ortho intramolecular Hbond substituents is 2. The number of allylic oxidation sites excluding steroid dienone is 7. The van der Waals surface area contributed by atoms with Crippen LogP contribution in [0.5, 0.6) is 23.0 Å². The monoisotopic (exact) mass is 544 g/mol. The number of benzene rings is 2. The Kier molecular flexibility index (Phi) is 11.2. The highest BCUT2D eigenvalue weighted by Crippen LogP contribution is 2.46. The van der Waals surface area contributed by atoms with E-state index in [0.29, 0.717) is 24.5 Å². The number of Topliss-reactive ketones (excluding diaryl/α,β-unsaturated/α-hetero) is 1. The molecule has 0 amide bonds. The molecule has 1 atom stereocenters. The van der Waals surface area contributed by atoms with Crippen molar-refractivity contribution in [3.63, 3.8) is 0 Å². The molecule has 1 aliphatic rings. The Labute approximate surface area is 239 Å². The number of hydrogen-bond donors (Lipinski definition) is 2. The standard InChI is InChI=1S/C35H44O5/c1-23(2)9-7-11-25(5)13-18-29-33(39-20-19-26(6)12-8-10-24(3)4)22-31(38)34-30(37)21-32(40-35(29)34)27-14-16-28(36)17-15-27/h9-10,13-17,19,22,32,36,38H,7-8,11-12,18,20-21H2,1-6H3/t32-/m0/s1. The van der Waals surface area contributed by atoms with Crippen LogP contribution in [0.15, 0.2) is 76.9 Å². The third kappa shape index (κ3) is 8.90. The molecular formula is C35H44O5. The molecule has 2 aromatic carbocycles. The summed E-state index contributed by atoms with van der Waals surface area (Å²) >= 11 is 0. The van der Waals surface area contributed by atoms with Gasteiger partial charge in [-0.25, -0.2) is 0 Å². The largest absolute Gasteiger partial charge is 0.508 e. The summed E-state index contributed by atoms with van der Waals surface area (Å²) in [6, 6.07) is 8.24. The zero-order valence-electron chi connectivity index (χ0n) is 24.8. The SMILES string of the molecule is CC(C)=CCCC(C)=CCOc1cc(O)c2c(c1CC=C(C)CCC=C(C)C)O[C@H](c1ccc(O)cc1)CC2=O. The molecule has 214 valence electrons. The molecule has 0 radical (unpaired) electrons. The van der Waals surface area contributed by atoms with Crippen LogP contribution in [0.1, 0.15) is 101 Å². The molecule has 0 bridgehead atoms. The zero-order chi connectivity index (χ0) is 29.2. The van der Waals surface area contributed by atoms with Gasteiger partial charge < -0.3 is 19.7 Å². The van der Waals surface area contributed by atoms with Gasteiger partial charge in [0.2, 0.25) is 0 Å². The van der Waals surface area contributed by atoms with Crippen molar-refractivity contribution in [2.24, 2.45) is 0 Å². The first-order chi connectivity index (χ1) is 19.0. The summed E-state index contributed by atoms with van der Waals surface area (Å²) in [4.78, 5) is 13.2. The van der Waals surface area contributed by atoms with Crippen LogP contribution in [0.3, 0.4) is 0 Å². The summed E-state index contributed by atoms with van der Waals surface area (Å²) in [5.74, 6) is 0.734. The second kappa shape index (κ2) is 14.6. The number of ketones is 1. The van der Waals surface area contributed by atoms with E-state index in [1.165, 1.54) is 22.3 Å². The van der Waals surface area contributed by atoms with Gasteiger partial charge in [-0.1, -0.05) is 52.7 Å². The molecule has 0 saturated carbocycles. The van der Waals surface area contributed by atoms with Crippen LogP contribution in [-0.4, -0.2) is 22.6 Å². The average Bonchev–Trinajstić information content (AvgIpc) is 2.88. The maximum Gasteiger partial charge on any atom is 0.174 e. The molecule has 2 aromatic rings. The predicted octanol–water partition coefficient (Wildman–Crippen LogP) is 9.11. The molecule has 0 aromatic heterocycles. The third-order valence-corrected chi connectivity index (χ3v) is 7.00. The number of carbonyl (C=O) groups excluding carboxylic acids is 1. The van der Waals surface area contributed by atoms with Crippen LogP contribution in [0.25, 0.3) is 0 Å². The Balaban J connectivity index is 1.94. The summed E-state index contributed by atoms with van der Waals surface area (Å²) in [6.07, 6.45) is 12.6. The Hall–Kier alpha value is -3.73. The number of fused-ring (bicyclic) bond motifs is 1. The number of carbonyl (C=O) groups is 1. The Morgan fingerprint density at radius 2 is 1.50 bits per heavy atom. The molecule has 1 aliphatic heterocycles. The second-order valence-corrected chi connectivity index (χ2v) is 11.2. The van der Waals surface area contributed by atoms with Crippen LogP contribution < -0.4 is 9.47 Å². The quantitative estimate of drug-likeness (QED) is 0.261. The summed E-state index contributed by atoms with van der Waals surface area (Å²) in [5.41, 5.74) is 6.82. The predicted molar refractivity (Wildman–Crippen MR) is 163 cm³/mol. The van der Waals surface area contributed by atoms with E-state index in [0.717, 1.165) is 36.8 Å². The molecule has 0 unspecified atom stereocenters. The van der Waals surface area contributed by atoms with Crippen molar-refractivity contribution in [3.05, 3.63) is 93.6 Å². The molecule has 3 rings (SSSR count). The lowest BCUT2D eigenvalue weighted by molar-refractivity contribution is 0.0842. The van der Waals surface area contributed by atoms with E-state index in [-0.39, 0.29) is 29.3 Å². The fourth-order valence-electron chi connectivity index (χ4n) is 4.64. The first kappa shape index (κ1) is 30.8. The molecule has 40 heavy (non-hydrogen) atoms. The number of hydrogen-bond acceptors (Lipinski definition) is 5. The maximum absolute atomic E-state index is 13.2. The molecular weight excluding hydrogens is 500 g/mol. The van der Waals surface area contributed by atoms with Crippen molar-refractivity contribution in [3.8, 4) is 23.0 Å². The molecule has 5 heteroatoms. The van der Waals surface area contributed by atoms with Crippen LogP contribution in [0.2, 0.25) is 0 Å². The van der Waals surface area contributed by atoms with Crippen molar-refractivity contribution in [1.82, 2.24) is 0 Å². The number of aromatic hydroxyl groups is 2. The summed E-state index contributed by atoms with van der Waals surface area (Å²) in [6.45, 7) is 13.0. The smallest absolute Gasteiger partial charge is 0.174 e. The minimum absolute atomic E-state index is 0.107. The topological polar surface area (TPSA) is 76.0 Å². The van der Waals surface area contributed by atoms with E-state index >= 15 is 0 Å². The number of phenols is 2. The van der Waals surface area contributed by atoms with Crippen molar-refractivity contribution in [2.45, 2.75) is 86.2 Å². The minimum Gasteiger partial charge on any atom is -0.508 e. The molecule has 0 fully saturated rings. The highest BCUT2D eigenvalue weighted by molar-refractivity contribution is 6.03. The Morgan fingerprint density at radius 1 is 0.900 bits per heavy atom. The van der Waals surface area contributed by atoms with E-state index in [9.17, 15) is 15.0 Å². The van der Waals surface area contributed by atoms with Gasteiger partial charge in [0.05, 0.1) is 6.42 Å². The van der Waals surface area contributed by atoms with Crippen LogP contribution in [0.4, 0.5) is 0 Å². The summed E-state index contributed by atoms with van der Waals surface area (Å²) < 4.78 is 12.6. The van der Waals surface area contributed by atoms with Gasteiger partial charge in [0.25, 0.3) is 0 Å². The third-order valence-electron chi connectivity index (χ3n) is 7.00. The second-order valence-electron chi connectivity index (χ2n) is 11.2. The molecule has 1 heterocycles. The van der Waals surface area contributed by atoms with Crippen LogP contribution in [0, 0.1) is 0 Å². The van der Waals surface area contributed by atoms with E-state index in [2.05, 4.69) is 65.8 Å². The lowest BCUT2D eigenvalue weighted by Gasteiger charge is -2.29. The van der Waals surface area contributed by atoms with Crippen LogP contribution >= 0.6 is 0 Å². The van der Waals surface area contributed by atoms with Crippen molar-refractivity contribution < 1.29 is 24.5 Å². The lowest BCUT2D eigenvalue weighted by atomic mass is 9.92. The van der Waals surface area contributed by atoms with E-state index in [1.54, 1.807) is 30.3 Å². The van der Waals surface area contributed by atoms with E-state index in [1.807, 2.05) is 0 Å². The lowest BCUT2D eigenvalue weighted by Crippen LogP contribution is -2.22. The first-order valence-electron chi connectivity index (χ1n) is 14.1. The summed E-state index contributed by atoms with van der Waals surface area (Å²) in [5, 5.41) is 20.6. The van der Waals surface area contributed by atoms with Gasteiger partial charge in [-0.2, -0.15) is 0 Å². The molecule has 0 spiro atoms. The Morgan fingerprint density at radius 3 is 2.10 bits per heavy atom. The van der Waals surface area contributed by atoms with Gasteiger partial charge in [-0.3, -0.25) is 4.79 Å². The highest BCUT2D eigenvalue weighted by Gasteiger charge is 2.33. The number of ether oxygens (including phenoxy) is 2. The van der Waals surface area contributed by atoms with Crippen molar-refractivity contribution >= 4 is 5.78 Å². The van der Waals surface area contributed by atoms with E-state index < -0.39 is 6.10 Å². The molecule has 5 nitrogen and oxygen atoms in total. The van der Waals surface area contributed by atoms with Gasteiger partial charge in [0.15, 0.2) is 5.78 Å². The fraction of sp³-hybridized carbons (Fsp3) is 0.400. The van der Waals surface area contributed by atoms with Crippen molar-refractivity contribution in [1.29, 1.82) is 0 Å². The summed E-state index contributed by atoms with van der Waals surface area (Å²) in [7, 11) is 0. The zero-order valence-corrected chi connectivity index (χ0v) is 24.8.